The number of rotatable bonds is 4. The van der Waals surface area contributed by atoms with E-state index in [0.717, 1.165) is 16.7 Å². The second-order valence-electron chi connectivity index (χ2n) is 6.01. The lowest BCUT2D eigenvalue weighted by Gasteiger charge is -2.07. The molecule has 0 saturated carbocycles. The van der Waals surface area contributed by atoms with Gasteiger partial charge in [-0.25, -0.2) is 4.79 Å². The van der Waals surface area contributed by atoms with E-state index in [9.17, 15) is 9.59 Å². The highest BCUT2D eigenvalue weighted by Crippen LogP contribution is 2.20. The Morgan fingerprint density at radius 2 is 1.65 bits per heavy atom. The molecule has 2 N–H and O–H groups in total. The maximum Gasteiger partial charge on any atom is 0.417 e. The number of oxazole rings is 1. The molecule has 26 heavy (non-hydrogen) atoms. The van der Waals surface area contributed by atoms with Gasteiger partial charge in [-0.05, 0) is 34.9 Å². The van der Waals surface area contributed by atoms with Crippen molar-refractivity contribution in [2.24, 2.45) is 0 Å². The molecule has 0 aliphatic carbocycles. The third kappa shape index (κ3) is 3.42. The molecule has 0 aliphatic rings. The maximum atomic E-state index is 12.3. The van der Waals surface area contributed by atoms with Gasteiger partial charge in [-0.1, -0.05) is 54.6 Å². The van der Waals surface area contributed by atoms with Crippen LogP contribution in [0.5, 0.6) is 0 Å². The zero-order valence-electron chi connectivity index (χ0n) is 13.9. The van der Waals surface area contributed by atoms with Crippen LogP contribution in [-0.4, -0.2) is 10.9 Å². The van der Waals surface area contributed by atoms with Gasteiger partial charge in [0.15, 0.2) is 5.58 Å². The average Bonchev–Trinajstić information content (AvgIpc) is 3.02. The van der Waals surface area contributed by atoms with Crippen molar-refractivity contribution in [1.29, 1.82) is 0 Å². The number of carbonyl (C=O) groups excluding carboxylic acids is 1. The van der Waals surface area contributed by atoms with Crippen LogP contribution in [0.15, 0.2) is 82.0 Å². The van der Waals surface area contributed by atoms with E-state index in [4.69, 9.17) is 4.42 Å². The van der Waals surface area contributed by atoms with Crippen LogP contribution in [0.2, 0.25) is 0 Å². The number of hydrogen-bond donors (Lipinski definition) is 2. The number of aromatic nitrogens is 1. The van der Waals surface area contributed by atoms with Crippen LogP contribution in [0.3, 0.4) is 0 Å². The van der Waals surface area contributed by atoms with Gasteiger partial charge in [0.1, 0.15) is 0 Å². The zero-order valence-corrected chi connectivity index (χ0v) is 13.9. The topological polar surface area (TPSA) is 75.1 Å². The summed E-state index contributed by atoms with van der Waals surface area (Å²) in [5.74, 6) is -0.635. The highest BCUT2D eigenvalue weighted by atomic mass is 16.4. The van der Waals surface area contributed by atoms with Crippen molar-refractivity contribution in [3.05, 3.63) is 88.9 Å². The second-order valence-corrected chi connectivity index (χ2v) is 6.01. The average molecular weight is 344 g/mol. The van der Waals surface area contributed by atoms with Crippen LogP contribution >= 0.6 is 0 Å². The van der Waals surface area contributed by atoms with Crippen molar-refractivity contribution in [3.8, 4) is 11.1 Å². The molecule has 4 aromatic rings. The first-order valence-electron chi connectivity index (χ1n) is 8.24. The molecule has 5 heteroatoms. The molecule has 128 valence electrons. The summed E-state index contributed by atoms with van der Waals surface area (Å²) in [6.45, 7) is 0. The quantitative estimate of drug-likeness (QED) is 0.588. The molecular formula is C21H16N2O3. The monoisotopic (exact) mass is 344 g/mol. The number of fused-ring (bicyclic) bond motifs is 1. The van der Waals surface area contributed by atoms with E-state index in [1.54, 1.807) is 18.2 Å². The minimum atomic E-state index is -0.512. The van der Waals surface area contributed by atoms with Crippen LogP contribution in [0.4, 0.5) is 5.69 Å². The van der Waals surface area contributed by atoms with E-state index in [2.05, 4.69) is 22.4 Å². The number of carbonyl (C=O) groups is 1. The highest BCUT2D eigenvalue weighted by molar-refractivity contribution is 5.94. The molecule has 1 aromatic heterocycles. The summed E-state index contributed by atoms with van der Waals surface area (Å²) in [5, 5.41) is 2.84. The third-order valence-corrected chi connectivity index (χ3v) is 4.13. The van der Waals surface area contributed by atoms with Gasteiger partial charge < -0.3 is 9.73 Å². The summed E-state index contributed by atoms with van der Waals surface area (Å²) in [6, 6.07) is 23.1. The number of nitrogens with one attached hydrogen (secondary N) is 2. The fourth-order valence-corrected chi connectivity index (χ4v) is 2.87. The smallest absolute Gasteiger partial charge is 0.408 e. The van der Waals surface area contributed by atoms with E-state index in [1.807, 2.05) is 42.5 Å². The van der Waals surface area contributed by atoms with Crippen LogP contribution in [0, 0.1) is 0 Å². The van der Waals surface area contributed by atoms with Gasteiger partial charge in [-0.3, -0.25) is 9.78 Å². The number of amides is 1. The standard InChI is InChI=1S/C21H16N2O3/c24-20(22-17-10-11-19-18(13-17)23-21(25)26-19)12-14-6-8-16(9-7-14)15-4-2-1-3-5-15/h1-11,13H,12H2,(H,22,24)(H,23,25). The molecule has 1 amide bonds. The number of H-pyrrole nitrogens is 1. The SMILES string of the molecule is O=C(Cc1ccc(-c2ccccc2)cc1)Nc1ccc2oc(=O)[nH]c2c1. The predicted octanol–water partition coefficient (Wildman–Crippen LogP) is 3.97. The molecule has 0 saturated heterocycles. The molecule has 3 aromatic carbocycles. The van der Waals surface area contributed by atoms with Crippen LogP contribution < -0.4 is 11.1 Å². The van der Waals surface area contributed by atoms with Crippen molar-refractivity contribution < 1.29 is 9.21 Å². The van der Waals surface area contributed by atoms with E-state index >= 15 is 0 Å². The van der Waals surface area contributed by atoms with E-state index in [0.29, 0.717) is 16.8 Å². The molecule has 0 radical (unpaired) electrons. The molecular weight excluding hydrogens is 328 g/mol. The van der Waals surface area contributed by atoms with Crippen LogP contribution in [0.25, 0.3) is 22.2 Å². The molecule has 0 unspecified atom stereocenters. The number of anilines is 1. The third-order valence-electron chi connectivity index (χ3n) is 4.13. The Kier molecular flexibility index (Phi) is 4.11. The van der Waals surface area contributed by atoms with Gasteiger partial charge in [-0.2, -0.15) is 0 Å². The van der Waals surface area contributed by atoms with Crippen molar-refractivity contribution in [2.45, 2.75) is 6.42 Å². The summed E-state index contributed by atoms with van der Waals surface area (Å²) >= 11 is 0. The predicted molar refractivity (Wildman–Crippen MR) is 101 cm³/mol. The Hall–Kier alpha value is -3.60. The summed E-state index contributed by atoms with van der Waals surface area (Å²) < 4.78 is 4.95. The fourth-order valence-electron chi connectivity index (χ4n) is 2.87. The van der Waals surface area contributed by atoms with Crippen molar-refractivity contribution in [2.75, 3.05) is 5.32 Å². The van der Waals surface area contributed by atoms with Crippen molar-refractivity contribution in [3.63, 3.8) is 0 Å². The highest BCUT2D eigenvalue weighted by Gasteiger charge is 2.07. The lowest BCUT2D eigenvalue weighted by atomic mass is 10.0. The normalized spacial score (nSPS) is 10.8. The summed E-state index contributed by atoms with van der Waals surface area (Å²) in [4.78, 5) is 26.0. The molecule has 0 bridgehead atoms. The Labute approximate surface area is 149 Å². The largest absolute Gasteiger partial charge is 0.417 e. The number of hydrogen-bond acceptors (Lipinski definition) is 3. The minimum absolute atomic E-state index is 0.123. The van der Waals surface area contributed by atoms with Crippen molar-refractivity contribution in [1.82, 2.24) is 4.98 Å². The first-order chi connectivity index (χ1) is 12.7. The summed E-state index contributed by atoms with van der Waals surface area (Å²) in [7, 11) is 0. The van der Waals surface area contributed by atoms with Gasteiger partial charge >= 0.3 is 5.76 Å². The fraction of sp³-hybridized carbons (Fsp3) is 0.0476. The van der Waals surface area contributed by atoms with Gasteiger partial charge in [0.25, 0.3) is 0 Å². The zero-order chi connectivity index (χ0) is 17.9. The van der Waals surface area contributed by atoms with Crippen LogP contribution in [-0.2, 0) is 11.2 Å². The Balaban J connectivity index is 1.44. The molecule has 1 heterocycles. The Morgan fingerprint density at radius 3 is 2.42 bits per heavy atom. The summed E-state index contributed by atoms with van der Waals surface area (Å²) in [6.07, 6.45) is 0.273. The van der Waals surface area contributed by atoms with E-state index in [1.165, 1.54) is 0 Å². The lowest BCUT2D eigenvalue weighted by molar-refractivity contribution is -0.115. The first kappa shape index (κ1) is 15.9. The second kappa shape index (κ2) is 6.72. The molecule has 5 nitrogen and oxygen atoms in total. The molecule has 0 atom stereocenters. The van der Waals surface area contributed by atoms with Gasteiger partial charge in [0.05, 0.1) is 11.9 Å². The van der Waals surface area contributed by atoms with Crippen LogP contribution in [0.1, 0.15) is 5.56 Å². The maximum absolute atomic E-state index is 12.3. The summed E-state index contributed by atoms with van der Waals surface area (Å²) in [5.41, 5.74) is 4.82. The molecule has 0 fully saturated rings. The number of benzene rings is 3. The Bertz CT molecular complexity index is 1110. The van der Waals surface area contributed by atoms with E-state index < -0.39 is 5.76 Å². The molecule has 0 spiro atoms. The molecule has 0 aliphatic heterocycles. The van der Waals surface area contributed by atoms with E-state index in [-0.39, 0.29) is 12.3 Å². The van der Waals surface area contributed by atoms with Gasteiger partial charge in [-0.15, -0.1) is 0 Å². The first-order valence-corrected chi connectivity index (χ1v) is 8.24. The van der Waals surface area contributed by atoms with Gasteiger partial charge in [0.2, 0.25) is 5.91 Å². The minimum Gasteiger partial charge on any atom is -0.408 e. The van der Waals surface area contributed by atoms with Gasteiger partial charge in [0, 0.05) is 5.69 Å². The lowest BCUT2D eigenvalue weighted by Crippen LogP contribution is -2.14. The van der Waals surface area contributed by atoms with Crippen molar-refractivity contribution >= 4 is 22.7 Å². The number of aromatic amines is 1. The molecule has 4 rings (SSSR count). The Morgan fingerprint density at radius 1 is 0.923 bits per heavy atom.